The molecule has 0 aliphatic carbocycles. The number of anilines is 1. The van der Waals surface area contributed by atoms with Crippen LogP contribution in [-0.4, -0.2) is 45.1 Å². The summed E-state index contributed by atoms with van der Waals surface area (Å²) in [5.74, 6) is -0.283. The van der Waals surface area contributed by atoms with Gasteiger partial charge in [-0.25, -0.2) is 13.8 Å². The number of hydrogen-bond donors (Lipinski definition) is 1. The number of nitrogens with two attached hydrogens (primary N) is 1. The fraction of sp³-hybridized carbons (Fsp3) is 0.706. The summed E-state index contributed by atoms with van der Waals surface area (Å²) < 4.78 is 50.9. The maximum atomic E-state index is 15.3. The maximum Gasteiger partial charge on any atom is 0.476 e. The van der Waals surface area contributed by atoms with Crippen molar-refractivity contribution in [2.24, 2.45) is 5.41 Å². The largest absolute Gasteiger partial charge is 0.476 e. The Labute approximate surface area is 177 Å². The summed E-state index contributed by atoms with van der Waals surface area (Å²) in [6.07, 6.45) is -2.97. The number of hydrogen-bond acceptors (Lipinski definition) is 10. The number of alkyl halides is 1. The molecule has 0 amide bonds. The van der Waals surface area contributed by atoms with Crippen LogP contribution in [-0.2, 0) is 27.7 Å². The number of carbonyl (C=O) groups excluding carboxylic acids is 1. The average Bonchev–Trinajstić information content (AvgIpc) is 2.94. The lowest BCUT2D eigenvalue weighted by atomic mass is 9.94. The van der Waals surface area contributed by atoms with Crippen molar-refractivity contribution in [1.82, 2.24) is 9.55 Å². The number of fused-ring (bicyclic) bond motifs is 1. The molecule has 5 atom stereocenters. The van der Waals surface area contributed by atoms with Gasteiger partial charge in [0, 0.05) is 11.6 Å². The molecule has 3 rings (SSSR count). The van der Waals surface area contributed by atoms with E-state index >= 15 is 4.39 Å². The number of halogens is 1. The Kier molecular flexibility index (Phi) is 6.48. The average molecular weight is 465 g/mol. The van der Waals surface area contributed by atoms with Crippen molar-refractivity contribution >= 4 is 30.5 Å². The highest BCUT2D eigenvalue weighted by Gasteiger charge is 2.62. The second kappa shape index (κ2) is 8.33. The van der Waals surface area contributed by atoms with Crippen LogP contribution < -0.4 is 11.4 Å². The molecule has 5 unspecified atom stereocenters. The molecule has 30 heavy (non-hydrogen) atoms. The number of carbonyl (C=O) groups is 1. The minimum Gasteiger partial charge on any atom is -0.383 e. The topological polar surface area (TPSA) is 132 Å². The Bertz CT molecular complexity index is 923. The van der Waals surface area contributed by atoms with E-state index in [1.165, 1.54) is 12.3 Å². The number of aromatic nitrogens is 2. The van der Waals surface area contributed by atoms with Gasteiger partial charge in [-0.3, -0.25) is 22.9 Å². The highest BCUT2D eigenvalue weighted by Crippen LogP contribution is 2.61. The van der Waals surface area contributed by atoms with Gasteiger partial charge in [0.1, 0.15) is 23.5 Å². The molecule has 0 spiro atoms. The molecule has 1 aromatic rings. The zero-order valence-corrected chi connectivity index (χ0v) is 18.8. The Hall–Kier alpha value is -1.30. The van der Waals surface area contributed by atoms with Crippen molar-refractivity contribution in [2.75, 3.05) is 18.3 Å². The van der Waals surface area contributed by atoms with E-state index in [4.69, 9.17) is 24.0 Å². The molecule has 2 saturated heterocycles. The van der Waals surface area contributed by atoms with Crippen LogP contribution >= 0.6 is 19.6 Å². The van der Waals surface area contributed by atoms with Crippen LogP contribution in [0.25, 0.3) is 0 Å². The van der Waals surface area contributed by atoms with E-state index in [9.17, 15) is 14.2 Å². The molecule has 2 aliphatic rings. The quantitative estimate of drug-likeness (QED) is 0.511. The SMILES string of the molecule is CCC12COP(=O)(OCSC(=O)C(C)(C)C)OC1C(F)C(n1ccc(N)nc1=O)O2. The van der Waals surface area contributed by atoms with Crippen molar-refractivity contribution in [1.29, 1.82) is 0 Å². The van der Waals surface area contributed by atoms with Gasteiger partial charge in [0.05, 0.1) is 6.61 Å². The molecule has 0 bridgehead atoms. The summed E-state index contributed by atoms with van der Waals surface area (Å²) in [6.45, 7) is 6.69. The second-order valence-electron chi connectivity index (χ2n) is 8.09. The smallest absolute Gasteiger partial charge is 0.383 e. The fourth-order valence-electron chi connectivity index (χ4n) is 3.09. The molecule has 168 valence electrons. The van der Waals surface area contributed by atoms with Gasteiger partial charge in [-0.2, -0.15) is 4.98 Å². The second-order valence-corrected chi connectivity index (χ2v) is 10.6. The van der Waals surface area contributed by atoms with Gasteiger partial charge in [-0.05, 0) is 12.5 Å². The Morgan fingerprint density at radius 2 is 2.23 bits per heavy atom. The third kappa shape index (κ3) is 4.49. The maximum absolute atomic E-state index is 15.3. The molecule has 2 fully saturated rings. The molecule has 2 N–H and O–H groups in total. The first-order chi connectivity index (χ1) is 13.9. The number of nitrogen functional groups attached to an aromatic ring is 1. The van der Waals surface area contributed by atoms with Crippen LogP contribution in [0.2, 0.25) is 0 Å². The molecule has 0 aromatic carbocycles. The predicted octanol–water partition coefficient (Wildman–Crippen LogP) is 2.64. The predicted molar refractivity (Wildman–Crippen MR) is 107 cm³/mol. The first-order valence-electron chi connectivity index (χ1n) is 9.32. The highest BCUT2D eigenvalue weighted by molar-refractivity contribution is 8.13. The molecule has 13 heteroatoms. The third-order valence-electron chi connectivity index (χ3n) is 4.88. The summed E-state index contributed by atoms with van der Waals surface area (Å²) in [5.41, 5.74) is 2.82. The zero-order chi connectivity index (χ0) is 22.3. The molecule has 0 saturated carbocycles. The summed E-state index contributed by atoms with van der Waals surface area (Å²) in [7, 11) is -4.14. The van der Waals surface area contributed by atoms with Crippen molar-refractivity contribution in [3.63, 3.8) is 0 Å². The highest BCUT2D eigenvalue weighted by atomic mass is 32.2. The minimum absolute atomic E-state index is 0.00735. The van der Waals surface area contributed by atoms with Crippen molar-refractivity contribution < 1.29 is 32.1 Å². The lowest BCUT2D eigenvalue weighted by Gasteiger charge is -2.39. The summed E-state index contributed by atoms with van der Waals surface area (Å²) in [5, 5.41) is -0.170. The van der Waals surface area contributed by atoms with Gasteiger partial charge in [0.2, 0.25) is 0 Å². The van der Waals surface area contributed by atoms with Gasteiger partial charge in [-0.15, -0.1) is 0 Å². The van der Waals surface area contributed by atoms with Gasteiger partial charge < -0.3 is 10.5 Å². The molecule has 3 heterocycles. The molecule has 1 aromatic heterocycles. The number of nitrogens with zero attached hydrogens (tertiary/aromatic N) is 2. The van der Waals surface area contributed by atoms with Crippen LogP contribution in [0.5, 0.6) is 0 Å². The summed E-state index contributed by atoms with van der Waals surface area (Å²) >= 11 is 0.823. The van der Waals surface area contributed by atoms with Gasteiger partial charge >= 0.3 is 13.5 Å². The number of ether oxygens (including phenoxy) is 1. The van der Waals surface area contributed by atoms with Crippen LogP contribution in [0.1, 0.15) is 40.3 Å². The van der Waals surface area contributed by atoms with E-state index in [0.29, 0.717) is 0 Å². The van der Waals surface area contributed by atoms with Crippen LogP contribution in [0, 0.1) is 5.41 Å². The van der Waals surface area contributed by atoms with E-state index in [2.05, 4.69) is 4.98 Å². The van der Waals surface area contributed by atoms with Gasteiger partial charge in [0.25, 0.3) is 0 Å². The van der Waals surface area contributed by atoms with Crippen molar-refractivity contribution in [3.05, 3.63) is 22.7 Å². The molecule has 10 nitrogen and oxygen atoms in total. The van der Waals surface area contributed by atoms with Crippen molar-refractivity contribution in [3.8, 4) is 0 Å². The lowest BCUT2D eigenvalue weighted by molar-refractivity contribution is -0.148. The molecular formula is C17H25FN3O7PS. The van der Waals surface area contributed by atoms with Crippen LogP contribution in [0.3, 0.4) is 0 Å². The Balaban J connectivity index is 1.75. The van der Waals surface area contributed by atoms with Crippen LogP contribution in [0.4, 0.5) is 10.2 Å². The van der Waals surface area contributed by atoms with Crippen molar-refractivity contribution in [2.45, 2.75) is 58.2 Å². The van der Waals surface area contributed by atoms with E-state index in [1.807, 2.05) is 0 Å². The normalized spacial score (nSPS) is 34.0. The Morgan fingerprint density at radius 3 is 2.83 bits per heavy atom. The zero-order valence-electron chi connectivity index (χ0n) is 17.1. The first kappa shape index (κ1) is 23.4. The van der Waals surface area contributed by atoms with E-state index in [1.54, 1.807) is 27.7 Å². The number of phosphoric ester groups is 1. The van der Waals surface area contributed by atoms with E-state index in [-0.39, 0.29) is 29.9 Å². The number of thioether (sulfide) groups is 1. The van der Waals surface area contributed by atoms with Gasteiger partial charge in [-0.1, -0.05) is 39.5 Å². The van der Waals surface area contributed by atoms with E-state index in [0.717, 1.165) is 16.3 Å². The molecular weight excluding hydrogens is 440 g/mol. The van der Waals surface area contributed by atoms with Gasteiger partial charge in [0.15, 0.2) is 17.5 Å². The monoisotopic (exact) mass is 465 g/mol. The minimum atomic E-state index is -4.14. The number of rotatable bonds is 5. The lowest BCUT2D eigenvalue weighted by Crippen LogP contribution is -2.49. The van der Waals surface area contributed by atoms with E-state index < -0.39 is 43.0 Å². The molecule has 2 aliphatic heterocycles. The first-order valence-corrected chi connectivity index (χ1v) is 11.8. The Morgan fingerprint density at radius 1 is 1.53 bits per heavy atom. The third-order valence-corrected chi connectivity index (χ3v) is 7.54. The molecule has 0 radical (unpaired) electrons. The summed E-state index contributed by atoms with van der Waals surface area (Å²) in [4.78, 5) is 27.7. The summed E-state index contributed by atoms with van der Waals surface area (Å²) in [6, 6.07) is 1.34. The van der Waals surface area contributed by atoms with Crippen LogP contribution in [0.15, 0.2) is 17.1 Å². The number of phosphoric acid groups is 1. The standard InChI is InChI=1S/C17H25FN3O7PS/c1-5-17-8-25-29(24,26-9-30-14(22)16(2,3)4)28-12(17)11(18)13(27-17)21-7-6-10(19)20-15(21)23/h6-7,11-13H,5,8-9H2,1-4H3,(H2,19,20,23). The fourth-order valence-corrected chi connectivity index (χ4v) is 5.51.